The molecule has 0 heterocycles. The van der Waals surface area contributed by atoms with Gasteiger partial charge in [0.05, 0.1) is 6.54 Å². The number of ketones is 1. The third-order valence-corrected chi connectivity index (χ3v) is 2.88. The van der Waals surface area contributed by atoms with Crippen LogP contribution in [0.15, 0.2) is 24.3 Å². The van der Waals surface area contributed by atoms with Crippen LogP contribution in [0.25, 0.3) is 0 Å². The van der Waals surface area contributed by atoms with E-state index in [1.54, 1.807) is 19.1 Å². The van der Waals surface area contributed by atoms with Gasteiger partial charge in [-0.3, -0.25) is 9.69 Å². The van der Waals surface area contributed by atoms with Crippen LogP contribution >= 0.6 is 0 Å². The van der Waals surface area contributed by atoms with E-state index >= 15 is 0 Å². The Kier molecular flexibility index (Phi) is 5.54. The molecule has 0 aliphatic heterocycles. The molecule has 0 spiro atoms. The van der Waals surface area contributed by atoms with E-state index < -0.39 is 12.7 Å². The third-order valence-electron chi connectivity index (χ3n) is 2.88. The Hall–Kier alpha value is -1.36. The van der Waals surface area contributed by atoms with Gasteiger partial charge < -0.3 is 0 Å². The topological polar surface area (TPSA) is 20.3 Å². The van der Waals surface area contributed by atoms with Crippen molar-refractivity contribution in [1.29, 1.82) is 0 Å². The molecular weight excluding hydrogens is 255 g/mol. The van der Waals surface area contributed by atoms with Gasteiger partial charge in [0.25, 0.3) is 0 Å². The van der Waals surface area contributed by atoms with Crippen molar-refractivity contribution in [1.82, 2.24) is 4.90 Å². The minimum absolute atomic E-state index is 0.104. The smallest absolute Gasteiger partial charge is 0.295 e. The molecule has 1 aromatic rings. The number of alkyl halides is 3. The molecule has 2 nitrogen and oxygen atoms in total. The van der Waals surface area contributed by atoms with Crippen molar-refractivity contribution >= 4 is 5.78 Å². The van der Waals surface area contributed by atoms with Crippen LogP contribution in [0.3, 0.4) is 0 Å². The molecule has 0 unspecified atom stereocenters. The van der Waals surface area contributed by atoms with Crippen LogP contribution in [-0.4, -0.2) is 36.5 Å². The number of carbonyl (C=O) groups is 1. The number of hydrogen-bond donors (Lipinski definition) is 0. The fourth-order valence-electron chi connectivity index (χ4n) is 1.75. The SMILES string of the molecule is CCN(CCC(=O)c1ccc(C)cc1)CC(F)(F)F. The normalized spacial score (nSPS) is 11.9. The molecule has 0 fully saturated rings. The summed E-state index contributed by atoms with van der Waals surface area (Å²) >= 11 is 0. The van der Waals surface area contributed by atoms with Crippen molar-refractivity contribution in [2.45, 2.75) is 26.4 Å². The summed E-state index contributed by atoms with van der Waals surface area (Å²) in [6.07, 6.45) is -4.12. The first-order valence-electron chi connectivity index (χ1n) is 6.21. The highest BCUT2D eigenvalue weighted by atomic mass is 19.4. The van der Waals surface area contributed by atoms with Gasteiger partial charge >= 0.3 is 6.18 Å². The average molecular weight is 273 g/mol. The number of carbonyl (C=O) groups excluding carboxylic acids is 1. The van der Waals surface area contributed by atoms with E-state index in [1.165, 1.54) is 4.90 Å². The second-order valence-corrected chi connectivity index (χ2v) is 4.52. The highest BCUT2D eigenvalue weighted by Gasteiger charge is 2.30. The molecule has 0 bridgehead atoms. The molecule has 106 valence electrons. The van der Waals surface area contributed by atoms with Gasteiger partial charge in [-0.2, -0.15) is 13.2 Å². The fourth-order valence-corrected chi connectivity index (χ4v) is 1.75. The number of nitrogens with zero attached hydrogens (tertiary/aromatic N) is 1. The fraction of sp³-hybridized carbons (Fsp3) is 0.500. The van der Waals surface area contributed by atoms with E-state index in [9.17, 15) is 18.0 Å². The lowest BCUT2D eigenvalue weighted by atomic mass is 10.1. The maximum atomic E-state index is 12.3. The second kappa shape index (κ2) is 6.70. The molecule has 0 radical (unpaired) electrons. The average Bonchev–Trinajstić information content (AvgIpc) is 2.33. The number of halogens is 3. The van der Waals surface area contributed by atoms with Crippen LogP contribution in [0.5, 0.6) is 0 Å². The molecule has 0 aromatic heterocycles. The largest absolute Gasteiger partial charge is 0.401 e. The lowest BCUT2D eigenvalue weighted by molar-refractivity contribution is -0.145. The lowest BCUT2D eigenvalue weighted by Gasteiger charge is -2.21. The van der Waals surface area contributed by atoms with Crippen molar-refractivity contribution in [3.05, 3.63) is 35.4 Å². The van der Waals surface area contributed by atoms with Crippen LogP contribution < -0.4 is 0 Å². The summed E-state index contributed by atoms with van der Waals surface area (Å²) in [5.41, 5.74) is 1.59. The number of Topliss-reactive ketones (excluding diaryl/α,β-unsaturated/α-hetero) is 1. The highest BCUT2D eigenvalue weighted by Crippen LogP contribution is 2.16. The molecule has 0 atom stereocenters. The Labute approximate surface area is 111 Å². The Morgan fingerprint density at radius 3 is 2.26 bits per heavy atom. The molecule has 1 aromatic carbocycles. The lowest BCUT2D eigenvalue weighted by Crippen LogP contribution is -2.35. The Morgan fingerprint density at radius 1 is 1.21 bits per heavy atom. The minimum atomic E-state index is -4.22. The van der Waals surface area contributed by atoms with Crippen molar-refractivity contribution in [3.63, 3.8) is 0 Å². The van der Waals surface area contributed by atoms with Gasteiger partial charge in [0.2, 0.25) is 0 Å². The summed E-state index contributed by atoms with van der Waals surface area (Å²) in [6.45, 7) is 3.01. The number of benzene rings is 1. The van der Waals surface area contributed by atoms with Crippen molar-refractivity contribution in [3.8, 4) is 0 Å². The van der Waals surface area contributed by atoms with Gasteiger partial charge in [0.15, 0.2) is 5.78 Å². The quantitative estimate of drug-likeness (QED) is 0.740. The molecule has 0 aliphatic carbocycles. The predicted octanol–water partition coefficient (Wildman–Crippen LogP) is 3.45. The second-order valence-electron chi connectivity index (χ2n) is 4.52. The number of rotatable bonds is 6. The molecule has 19 heavy (non-hydrogen) atoms. The van der Waals surface area contributed by atoms with E-state index in [2.05, 4.69) is 0 Å². The van der Waals surface area contributed by atoms with Crippen molar-refractivity contribution in [2.75, 3.05) is 19.6 Å². The third kappa shape index (κ3) is 5.87. The van der Waals surface area contributed by atoms with Gasteiger partial charge in [-0.15, -0.1) is 0 Å². The molecule has 1 rings (SSSR count). The van der Waals surface area contributed by atoms with Crippen LogP contribution in [0.4, 0.5) is 13.2 Å². The van der Waals surface area contributed by atoms with Crippen LogP contribution in [0.1, 0.15) is 29.3 Å². The zero-order chi connectivity index (χ0) is 14.5. The van der Waals surface area contributed by atoms with Crippen molar-refractivity contribution < 1.29 is 18.0 Å². The van der Waals surface area contributed by atoms with E-state index in [0.29, 0.717) is 5.56 Å². The summed E-state index contributed by atoms with van der Waals surface area (Å²) in [7, 11) is 0. The van der Waals surface area contributed by atoms with Crippen LogP contribution in [0.2, 0.25) is 0 Å². The van der Waals surface area contributed by atoms with Gasteiger partial charge in [-0.05, 0) is 13.5 Å². The first kappa shape index (κ1) is 15.7. The molecule has 0 amide bonds. The Balaban J connectivity index is 2.50. The predicted molar refractivity (Wildman–Crippen MR) is 68.3 cm³/mol. The number of hydrogen-bond acceptors (Lipinski definition) is 2. The van der Waals surface area contributed by atoms with Gasteiger partial charge in [0.1, 0.15) is 0 Å². The molecule has 0 saturated carbocycles. The summed E-state index contributed by atoms with van der Waals surface area (Å²) in [5, 5.41) is 0. The standard InChI is InChI=1S/C14H18F3NO/c1-3-18(10-14(15,16)17)9-8-13(19)12-6-4-11(2)5-7-12/h4-7H,3,8-10H2,1-2H3. The maximum absolute atomic E-state index is 12.3. The first-order valence-corrected chi connectivity index (χ1v) is 6.21. The van der Waals surface area contributed by atoms with Crippen LogP contribution in [0, 0.1) is 6.92 Å². The minimum Gasteiger partial charge on any atom is -0.295 e. The molecule has 0 saturated heterocycles. The zero-order valence-corrected chi connectivity index (χ0v) is 11.1. The van der Waals surface area contributed by atoms with Crippen molar-refractivity contribution in [2.24, 2.45) is 0 Å². The van der Waals surface area contributed by atoms with E-state index in [-0.39, 0.29) is 25.3 Å². The first-order chi connectivity index (χ1) is 8.81. The molecule has 5 heteroatoms. The summed E-state index contributed by atoms with van der Waals surface area (Å²) in [5.74, 6) is -0.124. The van der Waals surface area contributed by atoms with E-state index in [1.807, 2.05) is 19.1 Å². The number of aryl methyl sites for hydroxylation is 1. The molecule has 0 aliphatic rings. The van der Waals surface area contributed by atoms with Gasteiger partial charge in [0, 0.05) is 18.5 Å². The Bertz CT molecular complexity index is 412. The zero-order valence-electron chi connectivity index (χ0n) is 11.1. The van der Waals surface area contributed by atoms with Gasteiger partial charge in [-0.25, -0.2) is 0 Å². The molecule has 0 N–H and O–H groups in total. The summed E-state index contributed by atoms with van der Waals surface area (Å²) in [4.78, 5) is 13.1. The van der Waals surface area contributed by atoms with Gasteiger partial charge in [-0.1, -0.05) is 36.8 Å². The summed E-state index contributed by atoms with van der Waals surface area (Å²) < 4.78 is 36.8. The Morgan fingerprint density at radius 2 is 1.79 bits per heavy atom. The maximum Gasteiger partial charge on any atom is 0.401 e. The van der Waals surface area contributed by atoms with E-state index in [4.69, 9.17) is 0 Å². The highest BCUT2D eigenvalue weighted by molar-refractivity contribution is 5.96. The summed E-state index contributed by atoms with van der Waals surface area (Å²) in [6, 6.07) is 7.05. The molecular formula is C14H18F3NO. The van der Waals surface area contributed by atoms with E-state index in [0.717, 1.165) is 5.56 Å². The monoisotopic (exact) mass is 273 g/mol. The van der Waals surface area contributed by atoms with Crippen LogP contribution in [-0.2, 0) is 0 Å².